The minimum Gasteiger partial charge on any atom is -0.439 e. The van der Waals surface area contributed by atoms with Crippen LogP contribution < -0.4 is 4.74 Å². The number of nitrogens with one attached hydrogen (secondary N) is 1. The average Bonchev–Trinajstić information content (AvgIpc) is 3.24. The van der Waals surface area contributed by atoms with E-state index in [4.69, 9.17) is 9.72 Å². The van der Waals surface area contributed by atoms with Crippen LogP contribution in [0.2, 0.25) is 0 Å². The molecular weight excluding hydrogens is 376 g/mol. The second kappa shape index (κ2) is 7.99. The van der Waals surface area contributed by atoms with Crippen LogP contribution in [0.15, 0.2) is 72.9 Å². The van der Waals surface area contributed by atoms with E-state index in [0.717, 1.165) is 35.4 Å². The molecular formula is C24H22N4O2. The summed E-state index contributed by atoms with van der Waals surface area (Å²) in [6.07, 6.45) is 3.38. The van der Waals surface area contributed by atoms with E-state index in [9.17, 15) is 4.79 Å². The van der Waals surface area contributed by atoms with Gasteiger partial charge in [0, 0.05) is 31.3 Å². The van der Waals surface area contributed by atoms with Crippen LogP contribution in [0.3, 0.4) is 0 Å². The van der Waals surface area contributed by atoms with Crippen LogP contribution >= 0.6 is 0 Å². The number of carbonyl (C=O) groups is 1. The summed E-state index contributed by atoms with van der Waals surface area (Å²) in [6.45, 7) is 1.42. The number of pyridine rings is 1. The Morgan fingerprint density at radius 1 is 0.967 bits per heavy atom. The lowest BCUT2D eigenvalue weighted by atomic mass is 9.96. The molecule has 0 unspecified atom stereocenters. The molecule has 1 aliphatic heterocycles. The number of fused-ring (bicyclic) bond motifs is 1. The molecule has 0 aliphatic carbocycles. The third-order valence-electron chi connectivity index (χ3n) is 5.53. The third kappa shape index (κ3) is 3.76. The number of likely N-dealkylation sites (tertiary alicyclic amines) is 1. The number of para-hydroxylation sites is 3. The number of amides is 1. The summed E-state index contributed by atoms with van der Waals surface area (Å²) < 4.78 is 5.70. The molecule has 30 heavy (non-hydrogen) atoms. The summed E-state index contributed by atoms with van der Waals surface area (Å²) in [5.41, 5.74) is 2.64. The molecule has 0 saturated carbocycles. The molecule has 1 fully saturated rings. The Labute approximate surface area is 174 Å². The highest BCUT2D eigenvalue weighted by Crippen LogP contribution is 2.28. The van der Waals surface area contributed by atoms with E-state index < -0.39 is 0 Å². The molecule has 2 aromatic carbocycles. The van der Waals surface area contributed by atoms with E-state index in [1.807, 2.05) is 59.5 Å². The Morgan fingerprint density at radius 2 is 1.73 bits per heavy atom. The Balaban J connectivity index is 1.21. The summed E-state index contributed by atoms with van der Waals surface area (Å²) in [5, 5.41) is 0. The molecule has 1 N–H and O–H groups in total. The predicted molar refractivity (Wildman–Crippen MR) is 115 cm³/mol. The van der Waals surface area contributed by atoms with E-state index in [2.05, 4.69) is 9.97 Å². The van der Waals surface area contributed by atoms with Crippen molar-refractivity contribution in [3.8, 4) is 11.6 Å². The SMILES string of the molecule is O=C(c1ccc(Oc2ccccc2)nc1)N1CCC(c2nc3ccccc3[nH]2)CC1. The molecule has 6 nitrogen and oxygen atoms in total. The zero-order valence-electron chi connectivity index (χ0n) is 16.5. The second-order valence-corrected chi connectivity index (χ2v) is 7.51. The van der Waals surface area contributed by atoms with Crippen LogP contribution in [0.5, 0.6) is 11.6 Å². The lowest BCUT2D eigenvalue weighted by molar-refractivity contribution is 0.0711. The molecule has 1 amide bonds. The topological polar surface area (TPSA) is 71.1 Å². The lowest BCUT2D eigenvalue weighted by Gasteiger charge is -2.31. The van der Waals surface area contributed by atoms with Gasteiger partial charge < -0.3 is 14.6 Å². The quantitative estimate of drug-likeness (QED) is 0.537. The van der Waals surface area contributed by atoms with E-state index in [0.29, 0.717) is 30.5 Å². The number of H-pyrrole nitrogens is 1. The molecule has 4 aromatic rings. The van der Waals surface area contributed by atoms with Gasteiger partial charge in [-0.3, -0.25) is 4.79 Å². The number of imidazole rings is 1. The number of nitrogens with zero attached hydrogens (tertiary/aromatic N) is 3. The van der Waals surface area contributed by atoms with Gasteiger partial charge >= 0.3 is 0 Å². The van der Waals surface area contributed by atoms with Crippen molar-refractivity contribution >= 4 is 16.9 Å². The number of piperidine rings is 1. The maximum absolute atomic E-state index is 12.9. The van der Waals surface area contributed by atoms with Gasteiger partial charge in [0.2, 0.25) is 5.88 Å². The number of aromatic nitrogens is 3. The number of rotatable bonds is 4. The van der Waals surface area contributed by atoms with Crippen molar-refractivity contribution in [1.82, 2.24) is 19.9 Å². The highest BCUT2D eigenvalue weighted by atomic mass is 16.5. The van der Waals surface area contributed by atoms with Crippen LogP contribution in [0.4, 0.5) is 0 Å². The van der Waals surface area contributed by atoms with Gasteiger partial charge in [0.1, 0.15) is 11.6 Å². The van der Waals surface area contributed by atoms with Crippen LogP contribution in [-0.4, -0.2) is 38.8 Å². The first-order valence-corrected chi connectivity index (χ1v) is 10.2. The smallest absolute Gasteiger partial charge is 0.255 e. The van der Waals surface area contributed by atoms with Crippen LogP contribution in [0.25, 0.3) is 11.0 Å². The van der Waals surface area contributed by atoms with Crippen molar-refractivity contribution in [2.75, 3.05) is 13.1 Å². The molecule has 6 heteroatoms. The zero-order chi connectivity index (χ0) is 20.3. The van der Waals surface area contributed by atoms with Gasteiger partial charge in [-0.15, -0.1) is 0 Å². The minimum atomic E-state index is 0.0109. The Morgan fingerprint density at radius 3 is 2.47 bits per heavy atom. The van der Waals surface area contributed by atoms with Gasteiger partial charge in [0.25, 0.3) is 5.91 Å². The molecule has 150 valence electrons. The van der Waals surface area contributed by atoms with Crippen molar-refractivity contribution in [3.05, 3.63) is 84.3 Å². The van der Waals surface area contributed by atoms with Crippen molar-refractivity contribution in [2.45, 2.75) is 18.8 Å². The van der Waals surface area contributed by atoms with Gasteiger partial charge in [-0.05, 0) is 43.2 Å². The summed E-state index contributed by atoms with van der Waals surface area (Å²) in [6, 6.07) is 21.1. The van der Waals surface area contributed by atoms with Crippen molar-refractivity contribution in [1.29, 1.82) is 0 Å². The first kappa shape index (κ1) is 18.4. The number of hydrogen-bond acceptors (Lipinski definition) is 4. The number of benzene rings is 2. The largest absolute Gasteiger partial charge is 0.439 e. The maximum atomic E-state index is 12.9. The van der Waals surface area contributed by atoms with Gasteiger partial charge in [-0.2, -0.15) is 0 Å². The maximum Gasteiger partial charge on any atom is 0.255 e. The number of ether oxygens (including phenoxy) is 1. The fourth-order valence-corrected chi connectivity index (χ4v) is 3.88. The Kier molecular flexibility index (Phi) is 4.89. The number of hydrogen-bond donors (Lipinski definition) is 1. The lowest BCUT2D eigenvalue weighted by Crippen LogP contribution is -2.38. The van der Waals surface area contributed by atoms with Crippen molar-refractivity contribution in [3.63, 3.8) is 0 Å². The van der Waals surface area contributed by atoms with Gasteiger partial charge in [0.05, 0.1) is 16.6 Å². The Bertz CT molecular complexity index is 1110. The molecule has 2 aromatic heterocycles. The van der Waals surface area contributed by atoms with Crippen LogP contribution in [0.1, 0.15) is 34.9 Å². The Hall–Kier alpha value is -3.67. The summed E-state index contributed by atoms with van der Waals surface area (Å²) >= 11 is 0. The fourth-order valence-electron chi connectivity index (χ4n) is 3.88. The summed E-state index contributed by atoms with van der Waals surface area (Å²) in [4.78, 5) is 27.2. The van der Waals surface area contributed by atoms with E-state index in [-0.39, 0.29) is 5.91 Å². The molecule has 3 heterocycles. The molecule has 1 aliphatic rings. The molecule has 0 bridgehead atoms. The standard InChI is InChI=1S/C24H22N4O2/c29-24(18-10-11-22(25-16-18)30-19-6-2-1-3-7-19)28-14-12-17(13-15-28)23-26-20-8-4-5-9-21(20)27-23/h1-11,16-17H,12-15H2,(H,26,27). The highest BCUT2D eigenvalue weighted by molar-refractivity contribution is 5.94. The molecule has 5 rings (SSSR count). The van der Waals surface area contributed by atoms with Gasteiger partial charge in [-0.1, -0.05) is 30.3 Å². The highest BCUT2D eigenvalue weighted by Gasteiger charge is 2.26. The van der Waals surface area contributed by atoms with E-state index >= 15 is 0 Å². The molecule has 0 atom stereocenters. The average molecular weight is 398 g/mol. The van der Waals surface area contributed by atoms with Gasteiger partial charge in [-0.25, -0.2) is 9.97 Å². The number of aromatic amines is 1. The zero-order valence-corrected chi connectivity index (χ0v) is 16.5. The third-order valence-corrected chi connectivity index (χ3v) is 5.53. The summed E-state index contributed by atoms with van der Waals surface area (Å²) in [5.74, 6) is 2.57. The van der Waals surface area contributed by atoms with Crippen LogP contribution in [0, 0.1) is 0 Å². The number of carbonyl (C=O) groups excluding carboxylic acids is 1. The van der Waals surface area contributed by atoms with Crippen LogP contribution in [-0.2, 0) is 0 Å². The predicted octanol–water partition coefficient (Wildman–Crippen LogP) is 4.77. The normalized spacial score (nSPS) is 14.7. The van der Waals surface area contributed by atoms with Gasteiger partial charge in [0.15, 0.2) is 0 Å². The summed E-state index contributed by atoms with van der Waals surface area (Å²) in [7, 11) is 0. The minimum absolute atomic E-state index is 0.0109. The van der Waals surface area contributed by atoms with Crippen molar-refractivity contribution in [2.24, 2.45) is 0 Å². The second-order valence-electron chi connectivity index (χ2n) is 7.51. The molecule has 0 spiro atoms. The van der Waals surface area contributed by atoms with E-state index in [1.54, 1.807) is 18.3 Å². The van der Waals surface area contributed by atoms with Crippen molar-refractivity contribution < 1.29 is 9.53 Å². The first-order valence-electron chi connectivity index (χ1n) is 10.2. The fraction of sp³-hybridized carbons (Fsp3) is 0.208. The van der Waals surface area contributed by atoms with E-state index in [1.165, 1.54) is 0 Å². The molecule has 1 saturated heterocycles. The molecule has 0 radical (unpaired) electrons. The monoisotopic (exact) mass is 398 g/mol. The first-order chi connectivity index (χ1) is 14.8.